The zero-order valence-corrected chi connectivity index (χ0v) is 10.6. The van der Waals surface area contributed by atoms with Gasteiger partial charge in [-0.05, 0) is 11.1 Å². The van der Waals surface area contributed by atoms with Gasteiger partial charge < -0.3 is 5.32 Å². The second kappa shape index (κ2) is 5.24. The Morgan fingerprint density at radius 2 is 1.63 bits per heavy atom. The van der Waals surface area contributed by atoms with Crippen LogP contribution in [0.1, 0.15) is 17.3 Å². The van der Waals surface area contributed by atoms with Gasteiger partial charge in [0.05, 0.1) is 6.54 Å². The third kappa shape index (κ3) is 2.66. The van der Waals surface area contributed by atoms with Crippen molar-refractivity contribution in [3.63, 3.8) is 0 Å². The Morgan fingerprint density at radius 3 is 2.32 bits per heavy atom. The van der Waals surface area contributed by atoms with Crippen LogP contribution in [0.5, 0.6) is 0 Å². The van der Waals surface area contributed by atoms with Crippen molar-refractivity contribution < 1.29 is 4.79 Å². The van der Waals surface area contributed by atoms with E-state index in [4.69, 9.17) is 0 Å². The lowest BCUT2D eigenvalue weighted by molar-refractivity contribution is -0.118. The molecule has 3 nitrogen and oxygen atoms in total. The fourth-order valence-corrected chi connectivity index (χ4v) is 2.46. The summed E-state index contributed by atoms with van der Waals surface area (Å²) in [6, 6.07) is 20.3. The molecule has 1 N–H and O–H groups in total. The molecular formula is C16H16N2O. The third-order valence-electron chi connectivity index (χ3n) is 3.35. The van der Waals surface area contributed by atoms with Crippen LogP contribution in [-0.2, 0) is 11.3 Å². The summed E-state index contributed by atoms with van der Waals surface area (Å²) in [6.07, 6.45) is -0.0195. The van der Waals surface area contributed by atoms with E-state index in [2.05, 4.69) is 22.3 Å². The van der Waals surface area contributed by atoms with Crippen LogP contribution in [-0.4, -0.2) is 17.4 Å². The van der Waals surface area contributed by atoms with Gasteiger partial charge in [0.1, 0.15) is 6.17 Å². The van der Waals surface area contributed by atoms with Gasteiger partial charge in [0.25, 0.3) is 0 Å². The van der Waals surface area contributed by atoms with Crippen molar-refractivity contribution in [1.29, 1.82) is 0 Å². The number of amides is 1. The van der Waals surface area contributed by atoms with Crippen LogP contribution in [0.4, 0.5) is 0 Å². The monoisotopic (exact) mass is 252 g/mol. The van der Waals surface area contributed by atoms with Crippen molar-refractivity contribution in [2.45, 2.75) is 12.7 Å². The van der Waals surface area contributed by atoms with E-state index in [0.29, 0.717) is 6.54 Å². The van der Waals surface area contributed by atoms with Gasteiger partial charge in [0.15, 0.2) is 0 Å². The van der Waals surface area contributed by atoms with E-state index in [1.54, 1.807) is 0 Å². The first kappa shape index (κ1) is 11.9. The highest BCUT2D eigenvalue weighted by molar-refractivity contribution is 5.80. The molecule has 96 valence electrons. The molecule has 3 rings (SSSR count). The lowest BCUT2D eigenvalue weighted by Crippen LogP contribution is -2.27. The van der Waals surface area contributed by atoms with Gasteiger partial charge in [0.2, 0.25) is 5.91 Å². The van der Waals surface area contributed by atoms with Crippen molar-refractivity contribution in [2.75, 3.05) is 6.54 Å². The van der Waals surface area contributed by atoms with Gasteiger partial charge in [-0.25, -0.2) is 0 Å². The van der Waals surface area contributed by atoms with Gasteiger partial charge in [-0.1, -0.05) is 60.7 Å². The molecular weight excluding hydrogens is 236 g/mol. The molecule has 0 radical (unpaired) electrons. The molecule has 1 heterocycles. The zero-order valence-electron chi connectivity index (χ0n) is 10.6. The number of rotatable bonds is 3. The van der Waals surface area contributed by atoms with Gasteiger partial charge in [-0.15, -0.1) is 0 Å². The average molecular weight is 252 g/mol. The van der Waals surface area contributed by atoms with Crippen LogP contribution in [0.25, 0.3) is 0 Å². The summed E-state index contributed by atoms with van der Waals surface area (Å²) >= 11 is 0. The third-order valence-corrected chi connectivity index (χ3v) is 3.35. The normalized spacial score (nSPS) is 19.4. The van der Waals surface area contributed by atoms with Crippen LogP contribution in [0.2, 0.25) is 0 Å². The summed E-state index contributed by atoms with van der Waals surface area (Å²) < 4.78 is 0. The molecule has 0 spiro atoms. The van der Waals surface area contributed by atoms with Gasteiger partial charge >= 0.3 is 0 Å². The topological polar surface area (TPSA) is 32.3 Å². The van der Waals surface area contributed by atoms with E-state index in [1.807, 2.05) is 48.5 Å². The number of nitrogens with zero attached hydrogens (tertiary/aromatic N) is 1. The fraction of sp³-hybridized carbons (Fsp3) is 0.188. The van der Waals surface area contributed by atoms with Gasteiger partial charge in [-0.2, -0.15) is 0 Å². The quantitative estimate of drug-likeness (QED) is 0.909. The minimum Gasteiger partial charge on any atom is -0.335 e. The zero-order chi connectivity index (χ0) is 13.1. The fourth-order valence-electron chi connectivity index (χ4n) is 2.46. The largest absolute Gasteiger partial charge is 0.335 e. The Hall–Kier alpha value is -2.13. The van der Waals surface area contributed by atoms with Crippen LogP contribution >= 0.6 is 0 Å². The maximum atomic E-state index is 11.7. The van der Waals surface area contributed by atoms with E-state index in [1.165, 1.54) is 5.56 Å². The molecule has 0 saturated carbocycles. The average Bonchev–Trinajstić information content (AvgIpc) is 2.82. The first-order valence-corrected chi connectivity index (χ1v) is 6.45. The highest BCUT2D eigenvalue weighted by Gasteiger charge is 2.30. The minimum absolute atomic E-state index is 0.0195. The van der Waals surface area contributed by atoms with E-state index >= 15 is 0 Å². The van der Waals surface area contributed by atoms with Crippen molar-refractivity contribution in [3.8, 4) is 0 Å². The van der Waals surface area contributed by atoms with E-state index in [-0.39, 0.29) is 12.1 Å². The highest BCUT2D eigenvalue weighted by Crippen LogP contribution is 2.23. The molecule has 1 fully saturated rings. The number of carbonyl (C=O) groups is 1. The van der Waals surface area contributed by atoms with Crippen LogP contribution in [0, 0.1) is 0 Å². The number of carbonyl (C=O) groups excluding carboxylic acids is 1. The Balaban J connectivity index is 1.81. The van der Waals surface area contributed by atoms with Crippen LogP contribution in [0.15, 0.2) is 60.7 Å². The lowest BCUT2D eigenvalue weighted by Gasteiger charge is -2.23. The summed E-state index contributed by atoms with van der Waals surface area (Å²) in [5.41, 5.74) is 2.35. The molecule has 1 atom stereocenters. The number of hydrogen-bond acceptors (Lipinski definition) is 2. The maximum Gasteiger partial charge on any atom is 0.235 e. The molecule has 1 saturated heterocycles. The minimum atomic E-state index is -0.0195. The molecule has 0 aromatic heterocycles. The van der Waals surface area contributed by atoms with Crippen molar-refractivity contribution in [2.24, 2.45) is 0 Å². The van der Waals surface area contributed by atoms with Crippen molar-refractivity contribution in [1.82, 2.24) is 10.2 Å². The molecule has 1 aliphatic heterocycles. The number of hydrogen-bond donors (Lipinski definition) is 1. The molecule has 1 amide bonds. The maximum absolute atomic E-state index is 11.7. The van der Waals surface area contributed by atoms with E-state index < -0.39 is 0 Å². The van der Waals surface area contributed by atoms with Crippen LogP contribution < -0.4 is 5.32 Å². The lowest BCUT2D eigenvalue weighted by atomic mass is 10.1. The Labute approximate surface area is 112 Å². The van der Waals surface area contributed by atoms with Crippen molar-refractivity contribution >= 4 is 5.91 Å². The molecule has 19 heavy (non-hydrogen) atoms. The Kier molecular flexibility index (Phi) is 3.29. The first-order valence-electron chi connectivity index (χ1n) is 6.45. The van der Waals surface area contributed by atoms with Gasteiger partial charge in [-0.3, -0.25) is 9.69 Å². The first-order chi connectivity index (χ1) is 9.33. The van der Waals surface area contributed by atoms with Crippen molar-refractivity contribution in [3.05, 3.63) is 71.8 Å². The highest BCUT2D eigenvalue weighted by atomic mass is 16.2. The van der Waals surface area contributed by atoms with E-state index in [0.717, 1.165) is 12.1 Å². The van der Waals surface area contributed by atoms with Gasteiger partial charge in [0, 0.05) is 6.54 Å². The molecule has 0 aliphatic carbocycles. The summed E-state index contributed by atoms with van der Waals surface area (Å²) in [4.78, 5) is 13.8. The molecule has 1 aliphatic rings. The van der Waals surface area contributed by atoms with Crippen LogP contribution in [0.3, 0.4) is 0 Å². The molecule has 1 unspecified atom stereocenters. The Bertz CT molecular complexity index is 553. The summed E-state index contributed by atoms with van der Waals surface area (Å²) in [6.45, 7) is 1.23. The molecule has 2 aromatic carbocycles. The Morgan fingerprint density at radius 1 is 1.00 bits per heavy atom. The molecule has 0 bridgehead atoms. The summed E-state index contributed by atoms with van der Waals surface area (Å²) in [5.74, 6) is 0.0878. The summed E-state index contributed by atoms with van der Waals surface area (Å²) in [5, 5.41) is 3.03. The second-order valence-corrected chi connectivity index (χ2v) is 4.77. The predicted octanol–water partition coefficient (Wildman–Crippen LogP) is 2.32. The standard InChI is InChI=1S/C16H16N2O/c19-15-12-18(11-13-7-3-1-4-8-13)16(17-15)14-9-5-2-6-10-14/h1-10,16H,11-12H2,(H,17,19). The smallest absolute Gasteiger partial charge is 0.235 e. The predicted molar refractivity (Wildman–Crippen MR) is 74.2 cm³/mol. The number of nitrogens with one attached hydrogen (secondary N) is 1. The molecule has 2 aromatic rings. The van der Waals surface area contributed by atoms with E-state index in [9.17, 15) is 4.79 Å². The molecule has 3 heteroatoms. The second-order valence-electron chi connectivity index (χ2n) is 4.77. The number of benzene rings is 2. The summed E-state index contributed by atoms with van der Waals surface area (Å²) in [7, 11) is 0. The SMILES string of the molecule is O=C1CN(Cc2ccccc2)C(c2ccccc2)N1.